The van der Waals surface area contributed by atoms with Crippen LogP contribution in [0.25, 0.3) is 0 Å². The van der Waals surface area contributed by atoms with E-state index in [1.807, 2.05) is 32.3 Å². The Morgan fingerprint density at radius 3 is 2.69 bits per heavy atom. The summed E-state index contributed by atoms with van der Waals surface area (Å²) in [5, 5.41) is 8.78. The summed E-state index contributed by atoms with van der Waals surface area (Å²) in [6, 6.07) is 7.98. The summed E-state index contributed by atoms with van der Waals surface area (Å²) >= 11 is 3.32. The lowest BCUT2D eigenvalue weighted by atomic mass is 10.1. The Kier molecular flexibility index (Phi) is 3.47. The highest BCUT2D eigenvalue weighted by Gasteiger charge is 2.01. The second kappa shape index (κ2) is 4.40. The Hall–Kier alpha value is -0.850. The van der Waals surface area contributed by atoms with Gasteiger partial charge in [-0.05, 0) is 47.7 Å². The van der Waals surface area contributed by atoms with Gasteiger partial charge >= 0.3 is 0 Å². The van der Waals surface area contributed by atoms with Crippen molar-refractivity contribution < 1.29 is 0 Å². The molecule has 0 spiro atoms. The van der Waals surface area contributed by atoms with Gasteiger partial charge in [0, 0.05) is 11.0 Å². The van der Waals surface area contributed by atoms with Crippen LogP contribution in [0.2, 0.25) is 0 Å². The molecule has 68 valence electrons. The van der Waals surface area contributed by atoms with Crippen LogP contribution in [0.4, 0.5) is 0 Å². The van der Waals surface area contributed by atoms with E-state index in [-0.39, 0.29) is 0 Å². The molecule has 0 N–H and O–H groups in total. The van der Waals surface area contributed by atoms with Crippen LogP contribution in [0.1, 0.15) is 11.1 Å². The van der Waals surface area contributed by atoms with Gasteiger partial charge in [0.2, 0.25) is 0 Å². The Morgan fingerprint density at radius 2 is 2.15 bits per heavy atom. The van der Waals surface area contributed by atoms with E-state index in [1.54, 1.807) is 0 Å². The molecule has 0 radical (unpaired) electrons. The molecule has 0 fully saturated rings. The normalized spacial score (nSPS) is 10.1. The van der Waals surface area contributed by atoms with Crippen molar-refractivity contribution in [1.29, 1.82) is 5.26 Å². The van der Waals surface area contributed by atoms with Crippen LogP contribution < -0.4 is 0 Å². The second-order valence-electron chi connectivity index (χ2n) is 3.16. The Bertz CT molecular complexity index is 339. The highest BCUT2D eigenvalue weighted by atomic mass is 79.9. The van der Waals surface area contributed by atoms with Gasteiger partial charge in [-0.15, -0.1) is 0 Å². The van der Waals surface area contributed by atoms with Crippen molar-refractivity contribution in [3.63, 3.8) is 0 Å². The smallest absolute Gasteiger partial charge is 0.100 e. The van der Waals surface area contributed by atoms with E-state index in [2.05, 4.69) is 26.9 Å². The lowest BCUT2D eigenvalue weighted by molar-refractivity contribution is 0.402. The van der Waals surface area contributed by atoms with Crippen LogP contribution in [-0.2, 0) is 6.54 Å². The Morgan fingerprint density at radius 1 is 1.46 bits per heavy atom. The monoisotopic (exact) mass is 238 g/mol. The molecule has 3 heteroatoms. The van der Waals surface area contributed by atoms with Gasteiger partial charge < -0.3 is 4.90 Å². The molecule has 0 aliphatic carbocycles. The predicted molar refractivity (Wildman–Crippen MR) is 56.2 cm³/mol. The van der Waals surface area contributed by atoms with Crippen LogP contribution >= 0.6 is 15.9 Å². The average Bonchev–Trinajstić information content (AvgIpc) is 2.07. The number of benzene rings is 1. The van der Waals surface area contributed by atoms with Gasteiger partial charge in [0.1, 0.15) is 6.07 Å². The van der Waals surface area contributed by atoms with Gasteiger partial charge in [0.05, 0.1) is 5.56 Å². The number of nitriles is 1. The first-order valence-electron chi connectivity index (χ1n) is 3.96. The van der Waals surface area contributed by atoms with Crippen molar-refractivity contribution in [2.45, 2.75) is 6.54 Å². The number of hydrogen-bond donors (Lipinski definition) is 0. The zero-order valence-corrected chi connectivity index (χ0v) is 9.30. The Labute approximate surface area is 86.9 Å². The molecule has 2 nitrogen and oxygen atoms in total. The molecule has 0 saturated heterocycles. The molecule has 0 aromatic heterocycles. The molecular formula is C10H11BrN2. The van der Waals surface area contributed by atoms with Crippen molar-refractivity contribution in [2.24, 2.45) is 0 Å². The van der Waals surface area contributed by atoms with E-state index in [0.29, 0.717) is 5.56 Å². The van der Waals surface area contributed by atoms with E-state index in [4.69, 9.17) is 5.26 Å². The molecule has 1 aromatic carbocycles. The Balaban J connectivity index is 2.95. The quantitative estimate of drug-likeness (QED) is 0.792. The molecule has 0 saturated carbocycles. The summed E-state index contributed by atoms with van der Waals surface area (Å²) in [7, 11) is 4.02. The lowest BCUT2D eigenvalue weighted by Gasteiger charge is -2.09. The molecule has 1 aromatic rings. The predicted octanol–water partition coefficient (Wildman–Crippen LogP) is 2.38. The fourth-order valence-electron chi connectivity index (χ4n) is 1.12. The highest BCUT2D eigenvalue weighted by Crippen LogP contribution is 2.17. The average molecular weight is 239 g/mol. The minimum Gasteiger partial charge on any atom is -0.305 e. The molecule has 1 rings (SSSR count). The first-order chi connectivity index (χ1) is 6.13. The standard InChI is InChI=1S/C10H11BrN2/c1-13(2)7-8-3-4-10(11)9(5-8)6-12/h3-5H,7H2,1-2H3. The van der Waals surface area contributed by atoms with E-state index < -0.39 is 0 Å². The fraction of sp³-hybridized carbons (Fsp3) is 0.300. The van der Waals surface area contributed by atoms with Crippen LogP contribution in [0.3, 0.4) is 0 Å². The number of nitrogens with zero attached hydrogens (tertiary/aromatic N) is 2. The number of hydrogen-bond acceptors (Lipinski definition) is 2. The first-order valence-corrected chi connectivity index (χ1v) is 4.76. The maximum atomic E-state index is 8.78. The molecule has 13 heavy (non-hydrogen) atoms. The van der Waals surface area contributed by atoms with E-state index in [0.717, 1.165) is 16.6 Å². The second-order valence-corrected chi connectivity index (χ2v) is 4.02. The van der Waals surface area contributed by atoms with Crippen molar-refractivity contribution in [3.05, 3.63) is 33.8 Å². The third kappa shape index (κ3) is 2.83. The topological polar surface area (TPSA) is 27.0 Å². The third-order valence-electron chi connectivity index (χ3n) is 1.65. The van der Waals surface area contributed by atoms with Crippen LogP contribution in [-0.4, -0.2) is 19.0 Å². The largest absolute Gasteiger partial charge is 0.305 e. The zero-order chi connectivity index (χ0) is 9.84. The van der Waals surface area contributed by atoms with Gasteiger partial charge in [0.15, 0.2) is 0 Å². The highest BCUT2D eigenvalue weighted by molar-refractivity contribution is 9.10. The third-order valence-corrected chi connectivity index (χ3v) is 2.34. The minimum absolute atomic E-state index is 0.694. The van der Waals surface area contributed by atoms with E-state index in [1.165, 1.54) is 0 Å². The summed E-state index contributed by atoms with van der Waals surface area (Å²) in [6.45, 7) is 0.863. The maximum Gasteiger partial charge on any atom is 0.100 e. The summed E-state index contributed by atoms with van der Waals surface area (Å²) in [5.41, 5.74) is 1.85. The summed E-state index contributed by atoms with van der Waals surface area (Å²) in [5.74, 6) is 0. The molecule has 0 bridgehead atoms. The summed E-state index contributed by atoms with van der Waals surface area (Å²) in [4.78, 5) is 2.07. The van der Waals surface area contributed by atoms with Crippen LogP contribution in [0, 0.1) is 11.3 Å². The van der Waals surface area contributed by atoms with Crippen molar-refractivity contribution in [1.82, 2.24) is 4.90 Å². The molecule has 0 atom stereocenters. The first kappa shape index (κ1) is 10.2. The maximum absolute atomic E-state index is 8.78. The van der Waals surface area contributed by atoms with Gasteiger partial charge in [-0.3, -0.25) is 0 Å². The van der Waals surface area contributed by atoms with Crippen molar-refractivity contribution in [3.8, 4) is 6.07 Å². The summed E-state index contributed by atoms with van der Waals surface area (Å²) in [6.07, 6.45) is 0. The molecule has 0 heterocycles. The molecule has 0 aliphatic rings. The fourth-order valence-corrected chi connectivity index (χ4v) is 1.46. The van der Waals surface area contributed by atoms with Gasteiger partial charge in [0.25, 0.3) is 0 Å². The van der Waals surface area contributed by atoms with E-state index >= 15 is 0 Å². The van der Waals surface area contributed by atoms with Gasteiger partial charge in [-0.1, -0.05) is 6.07 Å². The summed E-state index contributed by atoms with van der Waals surface area (Å²) < 4.78 is 0.859. The number of halogens is 1. The SMILES string of the molecule is CN(C)Cc1ccc(Br)c(C#N)c1. The lowest BCUT2D eigenvalue weighted by Crippen LogP contribution is -2.10. The minimum atomic E-state index is 0.694. The molecular weight excluding hydrogens is 228 g/mol. The molecule has 0 aliphatic heterocycles. The van der Waals surface area contributed by atoms with Crippen molar-refractivity contribution in [2.75, 3.05) is 14.1 Å². The zero-order valence-electron chi connectivity index (χ0n) is 7.71. The van der Waals surface area contributed by atoms with Crippen LogP contribution in [0.15, 0.2) is 22.7 Å². The van der Waals surface area contributed by atoms with Crippen LogP contribution in [0.5, 0.6) is 0 Å². The molecule has 0 unspecified atom stereocenters. The molecule has 0 amide bonds. The van der Waals surface area contributed by atoms with Gasteiger partial charge in [-0.25, -0.2) is 0 Å². The van der Waals surface area contributed by atoms with Gasteiger partial charge in [-0.2, -0.15) is 5.26 Å². The van der Waals surface area contributed by atoms with Crippen molar-refractivity contribution >= 4 is 15.9 Å². The number of rotatable bonds is 2. The van der Waals surface area contributed by atoms with E-state index in [9.17, 15) is 0 Å².